The van der Waals surface area contributed by atoms with E-state index in [1.807, 2.05) is 0 Å². The highest BCUT2D eigenvalue weighted by Gasteiger charge is 2.43. The van der Waals surface area contributed by atoms with Gasteiger partial charge in [-0.3, -0.25) is 0 Å². The maximum absolute atomic E-state index is 11.6. The normalized spacial score (nSPS) is 20.7. The predicted molar refractivity (Wildman–Crippen MR) is 118 cm³/mol. The van der Waals surface area contributed by atoms with Crippen molar-refractivity contribution >= 4 is 5.97 Å². The number of hydrogen-bond donors (Lipinski definition) is 12. The molecule has 0 amide bonds. The van der Waals surface area contributed by atoms with Crippen molar-refractivity contribution in [2.24, 2.45) is 0 Å². The third-order valence-electron chi connectivity index (χ3n) is 5.60. The molecule has 0 aromatic carbocycles. The average molecular weight is 519 g/mol. The lowest BCUT2D eigenvalue weighted by Crippen LogP contribution is -2.58. The molecule has 12 N–H and O–H groups in total. The quantitative estimate of drug-likeness (QED) is 0.0531. The molecule has 0 fully saturated rings. The summed E-state index contributed by atoms with van der Waals surface area (Å²) in [6.45, 7) is -1.38. The SMILES string of the molecule is O=C(OCC(O)CO)C(O)C(O)C(O)C(O)C(O)C(O)C(O)C(O)C(O)CCCCCCCCO. The van der Waals surface area contributed by atoms with Crippen LogP contribution in [0.5, 0.6) is 0 Å². The van der Waals surface area contributed by atoms with E-state index in [4.69, 9.17) is 15.3 Å². The number of esters is 1. The van der Waals surface area contributed by atoms with Gasteiger partial charge in [0, 0.05) is 6.61 Å². The summed E-state index contributed by atoms with van der Waals surface area (Å²) in [5.41, 5.74) is 0. The highest BCUT2D eigenvalue weighted by Crippen LogP contribution is 2.18. The van der Waals surface area contributed by atoms with Crippen LogP contribution in [0.15, 0.2) is 0 Å². The van der Waals surface area contributed by atoms with Crippen LogP contribution in [0.4, 0.5) is 0 Å². The van der Waals surface area contributed by atoms with Gasteiger partial charge in [0.25, 0.3) is 0 Å². The Bertz CT molecular complexity index is 552. The standard InChI is InChI=1S/C21H42O14/c22-8-6-4-2-1-3-5-7-12(25)13(26)14(27)15(28)16(29)17(30)18(31)19(32)20(33)21(34)35-10-11(24)9-23/h11-20,22-33H,1-10H2. The van der Waals surface area contributed by atoms with Gasteiger partial charge in [-0.05, 0) is 12.8 Å². The molecule has 14 heteroatoms. The summed E-state index contributed by atoms with van der Waals surface area (Å²) < 4.78 is 4.40. The van der Waals surface area contributed by atoms with Crippen molar-refractivity contribution in [2.75, 3.05) is 19.8 Å². The minimum Gasteiger partial charge on any atom is -0.461 e. The third kappa shape index (κ3) is 12.2. The number of aliphatic hydroxyl groups excluding tert-OH is 12. The summed E-state index contributed by atoms with van der Waals surface area (Å²) in [6.07, 6.45) is -17.0. The third-order valence-corrected chi connectivity index (χ3v) is 5.60. The van der Waals surface area contributed by atoms with Gasteiger partial charge in [-0.25, -0.2) is 4.79 Å². The number of aliphatic hydroxyl groups is 12. The van der Waals surface area contributed by atoms with Crippen molar-refractivity contribution in [3.05, 3.63) is 0 Å². The molecule has 0 aliphatic heterocycles. The topological polar surface area (TPSA) is 269 Å². The van der Waals surface area contributed by atoms with Gasteiger partial charge >= 0.3 is 5.97 Å². The Hall–Kier alpha value is -1.01. The molecule has 0 spiro atoms. The lowest BCUT2D eigenvalue weighted by molar-refractivity contribution is -0.192. The van der Waals surface area contributed by atoms with Gasteiger partial charge in [-0.2, -0.15) is 0 Å². The Kier molecular flexibility index (Phi) is 17.7. The largest absolute Gasteiger partial charge is 0.461 e. The first-order valence-electron chi connectivity index (χ1n) is 11.6. The van der Waals surface area contributed by atoms with E-state index in [0.717, 1.165) is 19.3 Å². The van der Waals surface area contributed by atoms with Crippen molar-refractivity contribution in [3.8, 4) is 0 Å². The number of rotatable bonds is 20. The van der Waals surface area contributed by atoms with Crippen LogP contribution in [0, 0.1) is 0 Å². The molecule has 0 aromatic heterocycles. The van der Waals surface area contributed by atoms with Gasteiger partial charge in [-0.1, -0.05) is 32.1 Å². The fraction of sp³-hybridized carbons (Fsp3) is 0.952. The number of ether oxygens (including phenoxy) is 1. The number of carbonyl (C=O) groups excluding carboxylic acids is 1. The van der Waals surface area contributed by atoms with Gasteiger partial charge in [-0.15, -0.1) is 0 Å². The lowest BCUT2D eigenvalue weighted by Gasteiger charge is -2.34. The van der Waals surface area contributed by atoms with Crippen LogP contribution in [0.1, 0.15) is 44.9 Å². The molecule has 0 heterocycles. The summed E-state index contributed by atoms with van der Waals surface area (Å²) in [6, 6.07) is 0. The minimum atomic E-state index is -2.45. The summed E-state index contributed by atoms with van der Waals surface area (Å²) >= 11 is 0. The second kappa shape index (κ2) is 18.3. The Balaban J connectivity index is 4.71. The molecular formula is C21H42O14. The number of carbonyl (C=O) groups is 1. The van der Waals surface area contributed by atoms with Crippen LogP contribution in [-0.4, -0.2) is 148 Å². The predicted octanol–water partition coefficient (Wildman–Crippen LogP) is -5.15. The van der Waals surface area contributed by atoms with E-state index in [1.165, 1.54) is 0 Å². The Labute approximate surface area is 203 Å². The molecule has 210 valence electrons. The van der Waals surface area contributed by atoms with Crippen molar-refractivity contribution < 1.29 is 70.8 Å². The fourth-order valence-electron chi connectivity index (χ4n) is 3.22. The molecule has 10 atom stereocenters. The Morgan fingerprint density at radius 1 is 0.571 bits per heavy atom. The van der Waals surface area contributed by atoms with E-state index < -0.39 is 80.2 Å². The van der Waals surface area contributed by atoms with Gasteiger partial charge in [0.15, 0.2) is 6.10 Å². The molecule has 0 saturated carbocycles. The van der Waals surface area contributed by atoms with E-state index in [9.17, 15) is 50.8 Å². The first-order chi connectivity index (χ1) is 16.4. The van der Waals surface area contributed by atoms with Crippen LogP contribution in [-0.2, 0) is 9.53 Å². The van der Waals surface area contributed by atoms with Crippen LogP contribution < -0.4 is 0 Å². The molecule has 0 rings (SSSR count). The summed E-state index contributed by atoms with van der Waals surface area (Å²) in [7, 11) is 0. The minimum absolute atomic E-state index is 0.0597. The van der Waals surface area contributed by atoms with Crippen molar-refractivity contribution in [1.29, 1.82) is 0 Å². The molecule has 0 radical (unpaired) electrons. The summed E-state index contributed by atoms with van der Waals surface area (Å²) in [5.74, 6) is -1.53. The molecule has 0 aliphatic carbocycles. The molecule has 0 saturated heterocycles. The molecule has 35 heavy (non-hydrogen) atoms. The fourth-order valence-corrected chi connectivity index (χ4v) is 3.22. The van der Waals surface area contributed by atoms with Gasteiger partial charge in [0.2, 0.25) is 0 Å². The summed E-state index contributed by atoms with van der Waals surface area (Å²) in [5, 5.41) is 116. The maximum atomic E-state index is 11.6. The zero-order chi connectivity index (χ0) is 27.1. The van der Waals surface area contributed by atoms with Crippen LogP contribution >= 0.6 is 0 Å². The van der Waals surface area contributed by atoms with Crippen LogP contribution in [0.2, 0.25) is 0 Å². The van der Waals surface area contributed by atoms with Crippen molar-refractivity contribution in [2.45, 2.75) is 106 Å². The van der Waals surface area contributed by atoms with Crippen molar-refractivity contribution in [3.63, 3.8) is 0 Å². The first kappa shape index (κ1) is 34.0. The second-order valence-electron chi connectivity index (χ2n) is 8.55. The van der Waals surface area contributed by atoms with Gasteiger partial charge in [0.05, 0.1) is 12.7 Å². The molecular weight excluding hydrogens is 476 g/mol. The monoisotopic (exact) mass is 518 g/mol. The highest BCUT2D eigenvalue weighted by atomic mass is 16.6. The summed E-state index contributed by atoms with van der Waals surface area (Å²) in [4.78, 5) is 11.6. The molecule has 10 unspecified atom stereocenters. The second-order valence-corrected chi connectivity index (χ2v) is 8.55. The van der Waals surface area contributed by atoms with Crippen molar-refractivity contribution in [1.82, 2.24) is 0 Å². The molecule has 0 aliphatic rings. The van der Waals surface area contributed by atoms with E-state index >= 15 is 0 Å². The zero-order valence-corrected chi connectivity index (χ0v) is 19.5. The van der Waals surface area contributed by atoms with E-state index in [1.54, 1.807) is 0 Å². The smallest absolute Gasteiger partial charge is 0.337 e. The van der Waals surface area contributed by atoms with Crippen LogP contribution in [0.25, 0.3) is 0 Å². The zero-order valence-electron chi connectivity index (χ0n) is 19.5. The number of unbranched alkanes of at least 4 members (excludes halogenated alkanes) is 5. The average Bonchev–Trinajstić information content (AvgIpc) is 2.86. The molecule has 0 bridgehead atoms. The lowest BCUT2D eigenvalue weighted by atomic mass is 9.90. The van der Waals surface area contributed by atoms with E-state index in [2.05, 4.69) is 4.74 Å². The van der Waals surface area contributed by atoms with Crippen LogP contribution in [0.3, 0.4) is 0 Å². The first-order valence-corrected chi connectivity index (χ1v) is 11.6. The molecule has 0 aromatic rings. The maximum Gasteiger partial charge on any atom is 0.337 e. The number of hydrogen-bond acceptors (Lipinski definition) is 14. The highest BCUT2D eigenvalue weighted by molar-refractivity contribution is 5.75. The van der Waals surface area contributed by atoms with Gasteiger partial charge in [0.1, 0.15) is 55.4 Å². The van der Waals surface area contributed by atoms with Gasteiger partial charge < -0.3 is 66.0 Å². The molecule has 14 nitrogen and oxygen atoms in total. The Morgan fingerprint density at radius 3 is 1.49 bits per heavy atom. The van der Waals surface area contributed by atoms with E-state index in [0.29, 0.717) is 19.3 Å². The Morgan fingerprint density at radius 2 is 1.00 bits per heavy atom. The van der Waals surface area contributed by atoms with E-state index in [-0.39, 0.29) is 13.0 Å².